The summed E-state index contributed by atoms with van der Waals surface area (Å²) in [5, 5.41) is 4.34. The van der Waals surface area contributed by atoms with Gasteiger partial charge in [-0.05, 0) is 43.1 Å². The molecule has 2 rings (SSSR count). The van der Waals surface area contributed by atoms with Gasteiger partial charge < -0.3 is 5.32 Å². The molecule has 108 valence electrons. The predicted octanol–water partition coefficient (Wildman–Crippen LogP) is 4.64. The van der Waals surface area contributed by atoms with Gasteiger partial charge in [0, 0.05) is 34.6 Å². The number of aryl methyl sites for hydroxylation is 1. The molecular weight excluding hydrogens is 288 g/mol. The van der Waals surface area contributed by atoms with Crippen molar-refractivity contribution in [1.82, 2.24) is 10.3 Å². The molecular formula is C16H21ClN2S. The number of rotatable bonds is 7. The Labute approximate surface area is 130 Å². The van der Waals surface area contributed by atoms with E-state index in [0.29, 0.717) is 0 Å². The highest BCUT2D eigenvalue weighted by Crippen LogP contribution is 2.28. The van der Waals surface area contributed by atoms with E-state index in [-0.39, 0.29) is 6.04 Å². The molecule has 0 radical (unpaired) electrons. The minimum atomic E-state index is 0.258. The van der Waals surface area contributed by atoms with Gasteiger partial charge >= 0.3 is 0 Å². The first kappa shape index (κ1) is 15.5. The molecule has 4 heteroatoms. The van der Waals surface area contributed by atoms with Crippen LogP contribution in [0, 0.1) is 0 Å². The molecule has 0 aliphatic carbocycles. The molecule has 0 amide bonds. The van der Waals surface area contributed by atoms with E-state index in [0.717, 1.165) is 36.4 Å². The van der Waals surface area contributed by atoms with Crippen molar-refractivity contribution in [2.75, 3.05) is 6.54 Å². The zero-order valence-corrected chi connectivity index (χ0v) is 13.6. The second-order valence-corrected chi connectivity index (χ2v) is 6.49. The van der Waals surface area contributed by atoms with Crippen molar-refractivity contribution in [2.45, 2.75) is 39.2 Å². The molecule has 1 N–H and O–H groups in total. The smallest absolute Gasteiger partial charge is 0.0637 e. The Morgan fingerprint density at radius 3 is 2.70 bits per heavy atom. The lowest BCUT2D eigenvalue weighted by atomic mass is 10.0. The summed E-state index contributed by atoms with van der Waals surface area (Å²) in [6.07, 6.45) is 6.74. The van der Waals surface area contributed by atoms with E-state index >= 15 is 0 Å². The van der Waals surface area contributed by atoms with Crippen molar-refractivity contribution in [3.8, 4) is 0 Å². The third kappa shape index (κ3) is 4.05. The van der Waals surface area contributed by atoms with Crippen LogP contribution >= 0.6 is 22.9 Å². The fourth-order valence-electron chi connectivity index (χ4n) is 2.20. The highest BCUT2D eigenvalue weighted by Gasteiger charge is 2.15. The predicted molar refractivity (Wildman–Crippen MR) is 87.7 cm³/mol. The first-order valence-corrected chi connectivity index (χ1v) is 8.34. The summed E-state index contributed by atoms with van der Waals surface area (Å²) in [5.41, 5.74) is 1.14. The van der Waals surface area contributed by atoms with Crippen LogP contribution in [0.25, 0.3) is 0 Å². The molecule has 2 aromatic heterocycles. The Bertz CT molecular complexity index is 539. The van der Waals surface area contributed by atoms with E-state index in [1.807, 2.05) is 23.6 Å². The number of aromatic nitrogens is 1. The molecule has 2 nitrogen and oxygen atoms in total. The second-order valence-electron chi connectivity index (χ2n) is 4.83. The van der Waals surface area contributed by atoms with Crippen molar-refractivity contribution in [3.05, 3.63) is 50.9 Å². The molecule has 0 aliphatic rings. The van der Waals surface area contributed by atoms with Crippen LogP contribution in [0.15, 0.2) is 30.6 Å². The van der Waals surface area contributed by atoms with Crippen molar-refractivity contribution in [3.63, 3.8) is 0 Å². The monoisotopic (exact) mass is 308 g/mol. The highest BCUT2D eigenvalue weighted by atomic mass is 35.5. The van der Waals surface area contributed by atoms with E-state index < -0.39 is 0 Å². The molecule has 2 heterocycles. The van der Waals surface area contributed by atoms with Gasteiger partial charge in [0.1, 0.15) is 0 Å². The molecule has 0 aromatic carbocycles. The van der Waals surface area contributed by atoms with Gasteiger partial charge in [-0.1, -0.05) is 25.4 Å². The van der Waals surface area contributed by atoms with Crippen LogP contribution in [0.1, 0.15) is 41.6 Å². The summed E-state index contributed by atoms with van der Waals surface area (Å²) in [4.78, 5) is 6.92. The van der Waals surface area contributed by atoms with Crippen LogP contribution in [0.2, 0.25) is 5.02 Å². The maximum Gasteiger partial charge on any atom is 0.0637 e. The summed E-state index contributed by atoms with van der Waals surface area (Å²) in [5.74, 6) is 0. The van der Waals surface area contributed by atoms with Crippen molar-refractivity contribution >= 4 is 22.9 Å². The van der Waals surface area contributed by atoms with Crippen molar-refractivity contribution in [2.24, 2.45) is 0 Å². The van der Waals surface area contributed by atoms with Gasteiger partial charge in [0.15, 0.2) is 0 Å². The Kier molecular flexibility index (Phi) is 6.02. The zero-order valence-electron chi connectivity index (χ0n) is 12.0. The van der Waals surface area contributed by atoms with Gasteiger partial charge in [0.2, 0.25) is 0 Å². The van der Waals surface area contributed by atoms with E-state index in [9.17, 15) is 0 Å². The molecule has 20 heavy (non-hydrogen) atoms. The number of hydrogen-bond acceptors (Lipinski definition) is 3. The standard InChI is InChI=1S/C16H21ClN2S/c1-3-8-19-16(14-7-9-18-11-15(14)17)10-13-6-5-12(4-2)20-13/h5-7,9,11,16,19H,3-4,8,10H2,1-2H3. The van der Waals surface area contributed by atoms with Gasteiger partial charge in [-0.3, -0.25) is 4.98 Å². The normalized spacial score (nSPS) is 12.6. The Morgan fingerprint density at radius 1 is 1.25 bits per heavy atom. The fraction of sp³-hybridized carbons (Fsp3) is 0.438. The van der Waals surface area contributed by atoms with E-state index in [4.69, 9.17) is 11.6 Å². The van der Waals surface area contributed by atoms with Crippen LogP contribution in [-0.2, 0) is 12.8 Å². The number of halogens is 1. The average Bonchev–Trinajstić information content (AvgIpc) is 2.92. The topological polar surface area (TPSA) is 24.9 Å². The molecule has 0 fully saturated rings. The molecule has 1 unspecified atom stereocenters. The number of nitrogens with zero attached hydrogens (tertiary/aromatic N) is 1. The van der Waals surface area contributed by atoms with Gasteiger partial charge in [-0.2, -0.15) is 0 Å². The quantitative estimate of drug-likeness (QED) is 0.806. The lowest BCUT2D eigenvalue weighted by Gasteiger charge is -2.19. The summed E-state index contributed by atoms with van der Waals surface area (Å²) < 4.78 is 0. The first-order chi connectivity index (χ1) is 9.74. The van der Waals surface area contributed by atoms with Gasteiger partial charge in [0.05, 0.1) is 5.02 Å². The molecule has 1 atom stereocenters. The highest BCUT2D eigenvalue weighted by molar-refractivity contribution is 7.11. The van der Waals surface area contributed by atoms with Gasteiger partial charge in [-0.15, -0.1) is 11.3 Å². The van der Waals surface area contributed by atoms with Gasteiger partial charge in [0.25, 0.3) is 0 Å². The summed E-state index contributed by atoms with van der Waals surface area (Å²) in [7, 11) is 0. The third-order valence-electron chi connectivity index (χ3n) is 3.29. The van der Waals surface area contributed by atoms with Crippen LogP contribution in [-0.4, -0.2) is 11.5 Å². The van der Waals surface area contributed by atoms with Crippen LogP contribution in [0.5, 0.6) is 0 Å². The summed E-state index contributed by atoms with van der Waals surface area (Å²) in [6.45, 7) is 5.37. The molecule has 0 saturated heterocycles. The van der Waals surface area contributed by atoms with E-state index in [2.05, 4.69) is 36.3 Å². The SMILES string of the molecule is CCCNC(Cc1ccc(CC)s1)c1ccncc1Cl. The van der Waals surface area contributed by atoms with E-state index in [1.165, 1.54) is 9.75 Å². The largest absolute Gasteiger partial charge is 0.310 e. The zero-order chi connectivity index (χ0) is 14.4. The summed E-state index contributed by atoms with van der Waals surface area (Å²) >= 11 is 8.19. The molecule has 2 aromatic rings. The third-order valence-corrected chi connectivity index (χ3v) is 4.86. The Hall–Kier alpha value is -0.900. The second kappa shape index (κ2) is 7.77. The number of pyridine rings is 1. The molecule has 0 bridgehead atoms. The van der Waals surface area contributed by atoms with Crippen LogP contribution in [0.4, 0.5) is 0 Å². The number of thiophene rings is 1. The minimum absolute atomic E-state index is 0.258. The fourth-order valence-corrected chi connectivity index (χ4v) is 3.46. The first-order valence-electron chi connectivity index (χ1n) is 7.15. The number of nitrogens with one attached hydrogen (secondary N) is 1. The molecule has 0 saturated carbocycles. The van der Waals surface area contributed by atoms with E-state index in [1.54, 1.807) is 6.20 Å². The maximum absolute atomic E-state index is 6.30. The Balaban J connectivity index is 2.17. The van der Waals surface area contributed by atoms with Crippen molar-refractivity contribution in [1.29, 1.82) is 0 Å². The minimum Gasteiger partial charge on any atom is -0.310 e. The van der Waals surface area contributed by atoms with Crippen LogP contribution < -0.4 is 5.32 Å². The summed E-state index contributed by atoms with van der Waals surface area (Å²) in [6, 6.07) is 6.74. The molecule has 0 aliphatic heterocycles. The van der Waals surface area contributed by atoms with Crippen molar-refractivity contribution < 1.29 is 0 Å². The lowest BCUT2D eigenvalue weighted by molar-refractivity contribution is 0.532. The average molecular weight is 309 g/mol. The van der Waals surface area contributed by atoms with Crippen LogP contribution in [0.3, 0.4) is 0 Å². The number of hydrogen-bond donors (Lipinski definition) is 1. The Morgan fingerprint density at radius 2 is 2.05 bits per heavy atom. The molecule has 0 spiro atoms. The maximum atomic E-state index is 6.30. The van der Waals surface area contributed by atoms with Gasteiger partial charge in [-0.25, -0.2) is 0 Å². The lowest BCUT2D eigenvalue weighted by Crippen LogP contribution is -2.24.